The fourth-order valence-corrected chi connectivity index (χ4v) is 4.58. The van der Waals surface area contributed by atoms with E-state index < -0.39 is 10.0 Å². The molecule has 1 aliphatic heterocycles. The summed E-state index contributed by atoms with van der Waals surface area (Å²) in [6, 6.07) is 12.3. The highest BCUT2D eigenvalue weighted by molar-refractivity contribution is 7.89. The smallest absolute Gasteiger partial charge is 0.243 e. The predicted molar refractivity (Wildman–Crippen MR) is 98.7 cm³/mol. The third-order valence-electron chi connectivity index (χ3n) is 4.58. The van der Waals surface area contributed by atoms with Crippen molar-refractivity contribution in [1.29, 1.82) is 0 Å². The second kappa shape index (κ2) is 7.97. The van der Waals surface area contributed by atoms with Crippen molar-refractivity contribution in [2.75, 3.05) is 13.1 Å². The number of hydrogen-bond donors (Lipinski definition) is 1. The highest BCUT2D eigenvalue weighted by atomic mass is 32.2. The van der Waals surface area contributed by atoms with Crippen LogP contribution >= 0.6 is 0 Å². The summed E-state index contributed by atoms with van der Waals surface area (Å²) in [4.78, 5) is 16.9. The van der Waals surface area contributed by atoms with Crippen LogP contribution in [0.15, 0.2) is 53.6 Å². The first-order chi connectivity index (χ1) is 12.5. The molecular weight excluding hydrogens is 350 g/mol. The molecule has 1 atom stereocenters. The molecule has 1 aliphatic rings. The van der Waals surface area contributed by atoms with Gasteiger partial charge in [0.2, 0.25) is 15.9 Å². The summed E-state index contributed by atoms with van der Waals surface area (Å²) in [5.41, 5.74) is 1.79. The number of hydrogen-bond acceptors (Lipinski definition) is 4. The third-order valence-corrected chi connectivity index (χ3v) is 6.46. The summed E-state index contributed by atoms with van der Waals surface area (Å²) in [6.07, 6.45) is 3.04. The lowest BCUT2D eigenvalue weighted by Gasteiger charge is -2.31. The summed E-state index contributed by atoms with van der Waals surface area (Å²) in [6.45, 7) is 2.92. The van der Waals surface area contributed by atoms with Crippen molar-refractivity contribution in [3.05, 3.63) is 59.9 Å². The van der Waals surface area contributed by atoms with Crippen LogP contribution in [0.3, 0.4) is 0 Å². The number of rotatable bonds is 5. The van der Waals surface area contributed by atoms with Crippen LogP contribution in [-0.2, 0) is 21.4 Å². The van der Waals surface area contributed by atoms with Gasteiger partial charge in [0.25, 0.3) is 0 Å². The van der Waals surface area contributed by atoms with Crippen LogP contribution in [0.25, 0.3) is 0 Å². The molecule has 1 N–H and O–H groups in total. The molecular formula is C19H23N3O3S. The Morgan fingerprint density at radius 1 is 1.23 bits per heavy atom. The topological polar surface area (TPSA) is 79.4 Å². The minimum Gasteiger partial charge on any atom is -0.350 e. The maximum Gasteiger partial charge on any atom is 0.243 e. The molecule has 6 nitrogen and oxygen atoms in total. The molecule has 1 fully saturated rings. The number of carbonyl (C=O) groups is 1. The highest BCUT2D eigenvalue weighted by Crippen LogP contribution is 2.24. The molecule has 7 heteroatoms. The van der Waals surface area contributed by atoms with Gasteiger partial charge in [-0.1, -0.05) is 23.8 Å². The number of nitrogens with zero attached hydrogens (tertiary/aromatic N) is 2. The fraction of sp³-hybridized carbons (Fsp3) is 0.368. The minimum absolute atomic E-state index is 0.126. The Morgan fingerprint density at radius 2 is 2.00 bits per heavy atom. The standard InChI is InChI=1S/C19H23N3O3S/c1-15-7-9-18(10-8-15)26(24,25)22-12-4-5-16(14-22)19(23)21-13-17-6-2-3-11-20-17/h2-3,6-11,16H,4-5,12-14H2,1H3,(H,21,23)/t16-/m0/s1. The molecule has 138 valence electrons. The molecule has 0 spiro atoms. The molecule has 3 rings (SSSR count). The van der Waals surface area contributed by atoms with Gasteiger partial charge in [-0.3, -0.25) is 9.78 Å². The van der Waals surface area contributed by atoms with Gasteiger partial charge in [0.1, 0.15) is 0 Å². The van der Waals surface area contributed by atoms with E-state index in [0.29, 0.717) is 25.9 Å². The quantitative estimate of drug-likeness (QED) is 0.871. The number of sulfonamides is 1. The van der Waals surface area contributed by atoms with Gasteiger partial charge in [0.05, 0.1) is 23.1 Å². The van der Waals surface area contributed by atoms with Crippen molar-refractivity contribution < 1.29 is 13.2 Å². The summed E-state index contributed by atoms with van der Waals surface area (Å²) in [5, 5.41) is 2.86. The van der Waals surface area contributed by atoms with E-state index in [9.17, 15) is 13.2 Å². The Balaban J connectivity index is 1.64. The van der Waals surface area contributed by atoms with E-state index in [4.69, 9.17) is 0 Å². The monoisotopic (exact) mass is 373 g/mol. The zero-order valence-electron chi connectivity index (χ0n) is 14.8. The number of piperidine rings is 1. The molecule has 0 aliphatic carbocycles. The molecule has 1 amide bonds. The lowest BCUT2D eigenvalue weighted by Crippen LogP contribution is -2.45. The van der Waals surface area contributed by atoms with Gasteiger partial charge >= 0.3 is 0 Å². The van der Waals surface area contributed by atoms with Crippen molar-refractivity contribution in [3.63, 3.8) is 0 Å². The summed E-state index contributed by atoms with van der Waals surface area (Å²) >= 11 is 0. The van der Waals surface area contributed by atoms with E-state index in [1.807, 2.05) is 25.1 Å². The second-order valence-corrected chi connectivity index (χ2v) is 8.49. The summed E-state index contributed by atoms with van der Waals surface area (Å²) < 4.78 is 27.1. The van der Waals surface area contributed by atoms with Gasteiger partial charge in [-0.05, 0) is 44.0 Å². The Labute approximate surface area is 154 Å². The molecule has 26 heavy (non-hydrogen) atoms. The lowest BCUT2D eigenvalue weighted by atomic mass is 9.99. The number of pyridine rings is 1. The van der Waals surface area contributed by atoms with Crippen molar-refractivity contribution in [2.24, 2.45) is 5.92 Å². The van der Waals surface area contributed by atoms with E-state index in [2.05, 4.69) is 10.3 Å². The van der Waals surface area contributed by atoms with Crippen molar-refractivity contribution >= 4 is 15.9 Å². The summed E-state index contributed by atoms with van der Waals surface area (Å²) in [7, 11) is -3.57. The second-order valence-electron chi connectivity index (χ2n) is 6.55. The molecule has 0 radical (unpaired) electrons. The van der Waals surface area contributed by atoms with Gasteiger partial charge in [0, 0.05) is 19.3 Å². The molecule has 2 heterocycles. The number of aromatic nitrogens is 1. The maximum absolute atomic E-state index is 12.8. The zero-order chi connectivity index (χ0) is 18.6. The predicted octanol–water partition coefficient (Wildman–Crippen LogP) is 2.11. The van der Waals surface area contributed by atoms with Crippen molar-refractivity contribution in [3.8, 4) is 0 Å². The largest absolute Gasteiger partial charge is 0.350 e. The average molecular weight is 373 g/mol. The van der Waals surface area contributed by atoms with Crippen LogP contribution in [0.1, 0.15) is 24.1 Å². The van der Waals surface area contributed by atoms with Crippen LogP contribution in [0.5, 0.6) is 0 Å². The first-order valence-corrected chi connectivity index (χ1v) is 10.2. The van der Waals surface area contributed by atoms with Crippen LogP contribution < -0.4 is 5.32 Å². The third kappa shape index (κ3) is 4.28. The number of benzene rings is 1. The molecule has 0 unspecified atom stereocenters. The molecule has 0 saturated carbocycles. The maximum atomic E-state index is 12.8. The van der Waals surface area contributed by atoms with Crippen LogP contribution in [-0.4, -0.2) is 36.7 Å². The fourth-order valence-electron chi connectivity index (χ4n) is 3.06. The Bertz CT molecular complexity index is 851. The highest BCUT2D eigenvalue weighted by Gasteiger charge is 2.33. The SMILES string of the molecule is Cc1ccc(S(=O)(=O)N2CCC[C@H](C(=O)NCc3ccccn3)C2)cc1. The average Bonchev–Trinajstić information content (AvgIpc) is 2.67. The Hall–Kier alpha value is -2.25. The van der Waals surface area contributed by atoms with E-state index in [0.717, 1.165) is 11.3 Å². The first kappa shape index (κ1) is 18.5. The minimum atomic E-state index is -3.57. The molecule has 0 bridgehead atoms. The van der Waals surface area contributed by atoms with Crippen molar-refractivity contribution in [1.82, 2.24) is 14.6 Å². The van der Waals surface area contributed by atoms with Crippen LogP contribution in [0.2, 0.25) is 0 Å². The molecule has 1 aromatic carbocycles. The van der Waals surface area contributed by atoms with E-state index >= 15 is 0 Å². The normalized spacial score (nSPS) is 18.4. The number of carbonyl (C=O) groups excluding carboxylic acids is 1. The Kier molecular flexibility index (Phi) is 5.68. The van der Waals surface area contributed by atoms with Gasteiger partial charge in [-0.2, -0.15) is 4.31 Å². The van der Waals surface area contributed by atoms with Gasteiger partial charge < -0.3 is 5.32 Å². The molecule has 2 aromatic rings. The number of nitrogens with one attached hydrogen (secondary N) is 1. The van der Waals surface area contributed by atoms with Crippen LogP contribution in [0.4, 0.5) is 0 Å². The first-order valence-electron chi connectivity index (χ1n) is 8.71. The van der Waals surface area contributed by atoms with E-state index in [1.54, 1.807) is 30.5 Å². The zero-order valence-corrected chi connectivity index (χ0v) is 15.6. The van der Waals surface area contributed by atoms with Gasteiger partial charge in [-0.25, -0.2) is 8.42 Å². The number of amides is 1. The van der Waals surface area contributed by atoms with Crippen LogP contribution in [0, 0.1) is 12.8 Å². The van der Waals surface area contributed by atoms with E-state index in [1.165, 1.54) is 4.31 Å². The van der Waals surface area contributed by atoms with Gasteiger partial charge in [-0.15, -0.1) is 0 Å². The molecule has 1 aromatic heterocycles. The Morgan fingerprint density at radius 3 is 2.69 bits per heavy atom. The van der Waals surface area contributed by atoms with E-state index in [-0.39, 0.29) is 23.3 Å². The number of aryl methyl sites for hydroxylation is 1. The van der Waals surface area contributed by atoms with Gasteiger partial charge in [0.15, 0.2) is 0 Å². The summed E-state index contributed by atoms with van der Waals surface area (Å²) in [5.74, 6) is -0.466. The van der Waals surface area contributed by atoms with Crippen molar-refractivity contribution in [2.45, 2.75) is 31.2 Å². The lowest BCUT2D eigenvalue weighted by molar-refractivity contribution is -0.126. The molecule has 1 saturated heterocycles.